The number of esters is 3. The minimum Gasteiger partial charge on any atom is -0.462 e. The van der Waals surface area contributed by atoms with Crippen molar-refractivity contribution in [2.24, 2.45) is 5.73 Å². The number of ether oxygens (including phenoxy) is 3. The third-order valence-corrected chi connectivity index (χ3v) is 5.01. The fourth-order valence-electron chi connectivity index (χ4n) is 3.94. The molecule has 2 aliphatic rings. The Labute approximate surface area is 174 Å². The first-order valence-corrected chi connectivity index (χ1v) is 9.44. The molecule has 2 aliphatic heterocycles. The molecular formula is C22H22N2O6. The molecule has 0 bridgehead atoms. The molecule has 0 fully saturated rings. The number of carbonyl (C=O) groups is 3. The van der Waals surface area contributed by atoms with E-state index in [0.717, 1.165) is 0 Å². The first-order valence-electron chi connectivity index (χ1n) is 9.44. The molecule has 1 aromatic carbocycles. The molecule has 1 atom stereocenters. The quantitative estimate of drug-likeness (QED) is 0.442. The van der Waals surface area contributed by atoms with Crippen molar-refractivity contribution in [2.75, 3.05) is 24.7 Å². The monoisotopic (exact) mass is 410 g/mol. The molecule has 0 amide bonds. The van der Waals surface area contributed by atoms with Crippen LogP contribution in [0.4, 0.5) is 5.69 Å². The van der Waals surface area contributed by atoms with Crippen molar-refractivity contribution in [3.05, 3.63) is 52.6 Å². The van der Waals surface area contributed by atoms with Gasteiger partial charge in [-0.1, -0.05) is 24.1 Å². The van der Waals surface area contributed by atoms with Gasteiger partial charge in [0.2, 0.25) is 0 Å². The summed E-state index contributed by atoms with van der Waals surface area (Å²) in [5.41, 5.74) is 4.95. The van der Waals surface area contributed by atoms with E-state index in [4.69, 9.17) is 26.4 Å². The largest absolute Gasteiger partial charge is 0.462 e. The van der Waals surface area contributed by atoms with Gasteiger partial charge in [-0.05, 0) is 26.8 Å². The highest BCUT2D eigenvalue weighted by atomic mass is 16.6. The van der Waals surface area contributed by atoms with Crippen molar-refractivity contribution in [3.8, 4) is 12.3 Å². The van der Waals surface area contributed by atoms with Crippen LogP contribution in [0.25, 0.3) is 0 Å². The third-order valence-electron chi connectivity index (χ3n) is 5.01. The van der Waals surface area contributed by atoms with Gasteiger partial charge in [0.25, 0.3) is 0 Å². The average Bonchev–Trinajstić information content (AvgIpc) is 2.96. The van der Waals surface area contributed by atoms with Crippen molar-refractivity contribution in [3.63, 3.8) is 0 Å². The van der Waals surface area contributed by atoms with Crippen LogP contribution in [0.5, 0.6) is 0 Å². The van der Waals surface area contributed by atoms with Crippen molar-refractivity contribution in [2.45, 2.75) is 26.2 Å². The van der Waals surface area contributed by atoms with Gasteiger partial charge in [-0.25, -0.2) is 14.4 Å². The standard InChI is InChI=1S/C22H22N2O6/c1-5-12-24-15-11-9-8-10-14(15)22(17(18(24)23)20(26)29-7-3)16(19(25)28-6-2)13(4)30-21(22)27/h1,8-11H,6-7,12,23H2,2-4H3/t22-/m0/s1. The highest BCUT2D eigenvalue weighted by Crippen LogP contribution is 2.53. The summed E-state index contributed by atoms with van der Waals surface area (Å²) in [7, 11) is 0. The Bertz CT molecular complexity index is 1030. The lowest BCUT2D eigenvalue weighted by molar-refractivity contribution is -0.147. The summed E-state index contributed by atoms with van der Waals surface area (Å²) in [6.45, 7) is 4.87. The van der Waals surface area contributed by atoms with E-state index in [9.17, 15) is 14.4 Å². The summed E-state index contributed by atoms with van der Waals surface area (Å²) in [4.78, 5) is 40.9. The maximum Gasteiger partial charge on any atom is 0.339 e. The van der Waals surface area contributed by atoms with Gasteiger partial charge in [-0.2, -0.15) is 0 Å². The molecule has 1 spiro atoms. The van der Waals surface area contributed by atoms with Gasteiger partial charge in [0.05, 0.1) is 19.8 Å². The van der Waals surface area contributed by atoms with Crippen LogP contribution in [0.2, 0.25) is 0 Å². The number of hydrogen-bond donors (Lipinski definition) is 1. The minimum absolute atomic E-state index is 0.0354. The number of para-hydroxylation sites is 1. The number of carbonyl (C=O) groups excluding carboxylic acids is 3. The third kappa shape index (κ3) is 2.82. The van der Waals surface area contributed by atoms with E-state index in [-0.39, 0.29) is 42.5 Å². The SMILES string of the molecule is C#CCN1C(N)=C(C(=O)OCC)[C@]2(C(=O)OC(C)=C2C(=O)OCC)c2ccccc21. The molecule has 0 aliphatic carbocycles. The van der Waals surface area contributed by atoms with Crippen molar-refractivity contribution in [1.29, 1.82) is 0 Å². The van der Waals surface area contributed by atoms with Crippen LogP contribution >= 0.6 is 0 Å². The average molecular weight is 410 g/mol. The van der Waals surface area contributed by atoms with Crippen molar-refractivity contribution < 1.29 is 28.6 Å². The summed E-state index contributed by atoms with van der Waals surface area (Å²) in [6.07, 6.45) is 5.51. The topological polar surface area (TPSA) is 108 Å². The summed E-state index contributed by atoms with van der Waals surface area (Å²) in [6, 6.07) is 6.75. The molecule has 30 heavy (non-hydrogen) atoms. The molecule has 1 aromatic rings. The summed E-state index contributed by atoms with van der Waals surface area (Å²) < 4.78 is 15.8. The number of cyclic esters (lactones) is 1. The van der Waals surface area contributed by atoms with Gasteiger partial charge >= 0.3 is 17.9 Å². The maximum atomic E-state index is 13.3. The van der Waals surface area contributed by atoms with Gasteiger partial charge in [0.1, 0.15) is 22.7 Å². The molecule has 0 saturated heterocycles. The number of hydrogen-bond acceptors (Lipinski definition) is 8. The molecule has 0 saturated carbocycles. The number of terminal acetylenes is 1. The van der Waals surface area contributed by atoms with Crippen LogP contribution in [-0.2, 0) is 34.0 Å². The van der Waals surface area contributed by atoms with Gasteiger partial charge in [-0.3, -0.25) is 0 Å². The molecule has 8 heteroatoms. The van der Waals surface area contributed by atoms with Crippen LogP contribution in [0, 0.1) is 12.3 Å². The van der Waals surface area contributed by atoms with Crippen LogP contribution in [0.1, 0.15) is 26.3 Å². The zero-order chi connectivity index (χ0) is 22.1. The molecule has 0 radical (unpaired) electrons. The van der Waals surface area contributed by atoms with Gasteiger partial charge in [-0.15, -0.1) is 6.42 Å². The van der Waals surface area contributed by atoms with Crippen LogP contribution in [-0.4, -0.2) is 37.7 Å². The Morgan fingerprint density at radius 2 is 1.77 bits per heavy atom. The normalized spacial score (nSPS) is 20.1. The smallest absolute Gasteiger partial charge is 0.339 e. The molecule has 3 rings (SSSR count). The van der Waals surface area contributed by atoms with E-state index in [1.54, 1.807) is 38.1 Å². The molecule has 2 N–H and O–H groups in total. The summed E-state index contributed by atoms with van der Waals surface area (Å²) in [5, 5.41) is 0. The molecule has 156 valence electrons. The predicted molar refractivity (Wildman–Crippen MR) is 108 cm³/mol. The van der Waals surface area contributed by atoms with Gasteiger partial charge in [0, 0.05) is 11.3 Å². The van der Waals surface area contributed by atoms with E-state index in [1.807, 2.05) is 0 Å². The number of fused-ring (bicyclic) bond motifs is 2. The van der Waals surface area contributed by atoms with E-state index < -0.39 is 23.3 Å². The Kier molecular flexibility index (Phi) is 5.56. The molecule has 8 nitrogen and oxygen atoms in total. The number of rotatable bonds is 5. The Morgan fingerprint density at radius 3 is 2.37 bits per heavy atom. The second-order valence-electron chi connectivity index (χ2n) is 6.58. The van der Waals surface area contributed by atoms with Gasteiger partial charge in [0.15, 0.2) is 5.41 Å². The van der Waals surface area contributed by atoms with E-state index in [2.05, 4.69) is 5.92 Å². The maximum absolute atomic E-state index is 13.3. The molecule has 0 unspecified atom stereocenters. The first-order chi connectivity index (χ1) is 14.4. The lowest BCUT2D eigenvalue weighted by atomic mass is 9.66. The van der Waals surface area contributed by atoms with Crippen LogP contribution in [0.15, 0.2) is 47.0 Å². The zero-order valence-corrected chi connectivity index (χ0v) is 17.0. The molecular weight excluding hydrogens is 388 g/mol. The van der Waals surface area contributed by atoms with E-state index >= 15 is 0 Å². The minimum atomic E-state index is -1.92. The lowest BCUT2D eigenvalue weighted by Gasteiger charge is -2.40. The number of nitrogens with zero attached hydrogens (tertiary/aromatic N) is 1. The number of allylic oxidation sites excluding steroid dienone is 1. The lowest BCUT2D eigenvalue weighted by Crippen LogP contribution is -2.50. The fourth-order valence-corrected chi connectivity index (χ4v) is 3.94. The zero-order valence-electron chi connectivity index (χ0n) is 17.0. The van der Waals surface area contributed by atoms with Crippen LogP contribution in [0.3, 0.4) is 0 Å². The Morgan fingerprint density at radius 1 is 1.17 bits per heavy atom. The predicted octanol–water partition coefficient (Wildman–Crippen LogP) is 1.50. The summed E-state index contributed by atoms with van der Waals surface area (Å²) >= 11 is 0. The van der Waals surface area contributed by atoms with E-state index in [0.29, 0.717) is 11.3 Å². The number of benzene rings is 1. The van der Waals surface area contributed by atoms with E-state index in [1.165, 1.54) is 11.8 Å². The number of anilines is 1. The van der Waals surface area contributed by atoms with Crippen LogP contribution < -0.4 is 10.6 Å². The Hall–Kier alpha value is -3.73. The van der Waals surface area contributed by atoms with Gasteiger partial charge < -0.3 is 24.8 Å². The molecule has 0 aromatic heterocycles. The highest BCUT2D eigenvalue weighted by Gasteiger charge is 2.63. The highest BCUT2D eigenvalue weighted by molar-refractivity contribution is 6.16. The second-order valence-corrected chi connectivity index (χ2v) is 6.58. The Balaban J connectivity index is 2.45. The number of nitrogens with two attached hydrogens (primary N) is 1. The second kappa shape index (κ2) is 7.95. The van der Waals surface area contributed by atoms with Crippen molar-refractivity contribution in [1.82, 2.24) is 0 Å². The molecule has 2 heterocycles. The first kappa shape index (κ1) is 21.0. The van der Waals surface area contributed by atoms with Crippen molar-refractivity contribution >= 4 is 23.6 Å². The summed E-state index contributed by atoms with van der Waals surface area (Å²) in [5.74, 6) is -0.0166. The fraction of sp³-hybridized carbons (Fsp3) is 0.318.